The molecule has 0 bridgehead atoms. The van der Waals surface area contributed by atoms with Crippen molar-refractivity contribution in [3.8, 4) is 0 Å². The van der Waals surface area contributed by atoms with E-state index >= 15 is 0 Å². The molecule has 1 aliphatic heterocycles. The predicted molar refractivity (Wildman–Crippen MR) is 100 cm³/mol. The highest BCUT2D eigenvalue weighted by atomic mass is 19.1. The molecule has 6 heteroatoms. The van der Waals surface area contributed by atoms with Crippen LogP contribution in [0, 0.1) is 5.82 Å². The highest BCUT2D eigenvalue weighted by Crippen LogP contribution is 2.25. The Morgan fingerprint density at radius 3 is 2.78 bits per heavy atom. The summed E-state index contributed by atoms with van der Waals surface area (Å²) in [6.07, 6.45) is 1.78. The summed E-state index contributed by atoms with van der Waals surface area (Å²) in [7, 11) is 1.61. The van der Waals surface area contributed by atoms with Crippen LogP contribution in [-0.2, 0) is 27.2 Å². The number of carbonyl (C=O) groups excluding carboxylic acids is 1. The molecule has 3 rings (SSSR count). The van der Waals surface area contributed by atoms with Gasteiger partial charge in [-0.3, -0.25) is 9.78 Å². The molecule has 0 unspecified atom stereocenters. The number of fused-ring (bicyclic) bond motifs is 1. The summed E-state index contributed by atoms with van der Waals surface area (Å²) >= 11 is 0. The van der Waals surface area contributed by atoms with E-state index in [1.807, 2.05) is 37.3 Å². The van der Waals surface area contributed by atoms with Gasteiger partial charge >= 0.3 is 0 Å². The zero-order valence-corrected chi connectivity index (χ0v) is 15.6. The average Bonchev–Trinajstić information content (AvgIpc) is 3.08. The van der Waals surface area contributed by atoms with Gasteiger partial charge in [0.05, 0.1) is 37.4 Å². The molecule has 0 spiro atoms. The first kappa shape index (κ1) is 19.2. The van der Waals surface area contributed by atoms with Crippen LogP contribution < -0.4 is 0 Å². The van der Waals surface area contributed by atoms with Crippen molar-refractivity contribution >= 4 is 11.7 Å². The fourth-order valence-corrected chi connectivity index (χ4v) is 3.26. The number of halogens is 1. The largest absolute Gasteiger partial charge is 0.478 e. The van der Waals surface area contributed by atoms with Gasteiger partial charge in [-0.2, -0.15) is 0 Å². The summed E-state index contributed by atoms with van der Waals surface area (Å²) in [6, 6.07) is 9.73. The normalized spacial score (nSPS) is 13.8. The standard InChI is InChI=1S/C21H23FN2O3/c1-3-27-21-18-12-23-19(20(22)17(18)11-24-21)10-16(25)9-15(13-26-2)14-7-5-4-6-8-14/h4-8,12,15H,3,9-11,13H2,1-2H3/t15-/m1/s1. The van der Waals surface area contributed by atoms with Crippen LogP contribution in [0.15, 0.2) is 41.5 Å². The zero-order valence-electron chi connectivity index (χ0n) is 15.6. The van der Waals surface area contributed by atoms with Crippen LogP contribution in [0.5, 0.6) is 0 Å². The molecule has 1 aromatic carbocycles. The van der Waals surface area contributed by atoms with Gasteiger partial charge in [-0.1, -0.05) is 30.3 Å². The second-order valence-corrected chi connectivity index (χ2v) is 6.45. The van der Waals surface area contributed by atoms with E-state index in [0.29, 0.717) is 30.2 Å². The number of carbonyl (C=O) groups is 1. The Morgan fingerprint density at radius 1 is 1.30 bits per heavy atom. The number of hydrogen-bond acceptors (Lipinski definition) is 5. The number of aliphatic imine (C=N–C) groups is 1. The molecule has 5 nitrogen and oxygen atoms in total. The molecule has 1 atom stereocenters. The fourth-order valence-electron chi connectivity index (χ4n) is 3.26. The lowest BCUT2D eigenvalue weighted by Crippen LogP contribution is -2.16. The third kappa shape index (κ3) is 4.39. The number of benzene rings is 1. The molecule has 0 saturated heterocycles. The molecule has 2 heterocycles. The van der Waals surface area contributed by atoms with E-state index < -0.39 is 5.82 Å². The molecule has 142 valence electrons. The van der Waals surface area contributed by atoms with Crippen LogP contribution in [0.2, 0.25) is 0 Å². The summed E-state index contributed by atoms with van der Waals surface area (Å²) in [5.74, 6) is -0.173. The van der Waals surface area contributed by atoms with Gasteiger partial charge in [0.2, 0.25) is 5.90 Å². The molecule has 2 aromatic rings. The van der Waals surface area contributed by atoms with E-state index in [9.17, 15) is 9.18 Å². The number of rotatable bonds is 8. The van der Waals surface area contributed by atoms with Gasteiger partial charge in [0.25, 0.3) is 0 Å². The molecule has 0 N–H and O–H groups in total. The minimum Gasteiger partial charge on any atom is -0.478 e. The van der Waals surface area contributed by atoms with Crippen molar-refractivity contribution in [2.75, 3.05) is 20.3 Å². The maximum absolute atomic E-state index is 14.8. The summed E-state index contributed by atoms with van der Waals surface area (Å²) in [4.78, 5) is 20.9. The molecule has 1 aromatic heterocycles. The van der Waals surface area contributed by atoms with Crippen molar-refractivity contribution in [3.05, 3.63) is 64.7 Å². The first-order valence-electron chi connectivity index (χ1n) is 9.03. The third-order valence-electron chi connectivity index (χ3n) is 4.56. The molecule has 0 radical (unpaired) electrons. The molecule has 1 aliphatic rings. The molecule has 0 fully saturated rings. The van der Waals surface area contributed by atoms with Gasteiger partial charge < -0.3 is 9.47 Å². The van der Waals surface area contributed by atoms with Crippen molar-refractivity contribution in [1.29, 1.82) is 0 Å². The van der Waals surface area contributed by atoms with E-state index in [0.717, 1.165) is 5.56 Å². The van der Waals surface area contributed by atoms with E-state index in [-0.39, 0.29) is 36.8 Å². The Hall–Kier alpha value is -2.60. The molecule has 0 amide bonds. The maximum atomic E-state index is 14.8. The van der Waals surface area contributed by atoms with Crippen LogP contribution >= 0.6 is 0 Å². The van der Waals surface area contributed by atoms with Gasteiger partial charge in [0.15, 0.2) is 5.82 Å². The smallest absolute Gasteiger partial charge is 0.218 e. The Kier molecular flexibility index (Phi) is 6.29. The van der Waals surface area contributed by atoms with Crippen LogP contribution in [-0.4, -0.2) is 37.0 Å². The van der Waals surface area contributed by atoms with E-state index in [2.05, 4.69) is 9.98 Å². The Balaban J connectivity index is 1.71. The predicted octanol–water partition coefficient (Wildman–Crippen LogP) is 3.45. The van der Waals surface area contributed by atoms with E-state index in [1.165, 1.54) is 0 Å². The van der Waals surface area contributed by atoms with Crippen molar-refractivity contribution in [2.24, 2.45) is 4.99 Å². The van der Waals surface area contributed by atoms with E-state index in [1.54, 1.807) is 13.3 Å². The number of methoxy groups -OCH3 is 1. The number of ketones is 1. The van der Waals surface area contributed by atoms with Crippen LogP contribution in [0.4, 0.5) is 4.39 Å². The first-order chi connectivity index (χ1) is 13.1. The van der Waals surface area contributed by atoms with Crippen LogP contribution in [0.1, 0.15) is 41.6 Å². The quantitative estimate of drug-likeness (QED) is 0.714. The fraction of sp³-hybridized carbons (Fsp3) is 0.381. The Labute approximate surface area is 158 Å². The summed E-state index contributed by atoms with van der Waals surface area (Å²) in [5, 5.41) is 0. The molecule has 0 saturated carbocycles. The molecular weight excluding hydrogens is 347 g/mol. The zero-order chi connectivity index (χ0) is 19.2. The van der Waals surface area contributed by atoms with Crippen LogP contribution in [0.3, 0.4) is 0 Å². The lowest BCUT2D eigenvalue weighted by atomic mass is 9.93. The summed E-state index contributed by atoms with van der Waals surface area (Å²) in [6.45, 7) is 2.96. The van der Waals surface area contributed by atoms with Crippen molar-refractivity contribution < 1.29 is 18.7 Å². The van der Waals surface area contributed by atoms with Gasteiger partial charge in [-0.25, -0.2) is 9.38 Å². The number of nitrogens with zero attached hydrogens (tertiary/aromatic N) is 2. The van der Waals surface area contributed by atoms with Crippen LogP contribution in [0.25, 0.3) is 0 Å². The number of Topliss-reactive ketones (excluding diaryl/α,β-unsaturated/α-hetero) is 1. The maximum Gasteiger partial charge on any atom is 0.218 e. The number of aromatic nitrogens is 1. The minimum absolute atomic E-state index is 0.0455. The monoisotopic (exact) mass is 370 g/mol. The molecule has 27 heavy (non-hydrogen) atoms. The average molecular weight is 370 g/mol. The van der Waals surface area contributed by atoms with Gasteiger partial charge in [-0.05, 0) is 12.5 Å². The second kappa shape index (κ2) is 8.86. The topological polar surface area (TPSA) is 60.8 Å². The highest BCUT2D eigenvalue weighted by Gasteiger charge is 2.25. The minimum atomic E-state index is -0.456. The number of ether oxygens (including phenoxy) is 2. The Bertz CT molecular complexity index is 837. The number of pyridine rings is 1. The molecular formula is C21H23FN2O3. The van der Waals surface area contributed by atoms with E-state index in [4.69, 9.17) is 9.47 Å². The van der Waals surface area contributed by atoms with Gasteiger partial charge in [0, 0.05) is 31.2 Å². The Morgan fingerprint density at radius 2 is 2.07 bits per heavy atom. The van der Waals surface area contributed by atoms with Crippen molar-refractivity contribution in [3.63, 3.8) is 0 Å². The summed E-state index contributed by atoms with van der Waals surface area (Å²) < 4.78 is 25.4. The van der Waals surface area contributed by atoms with Gasteiger partial charge in [-0.15, -0.1) is 0 Å². The SMILES string of the molecule is CCOC1=NCc2c1cnc(CC(=O)C[C@H](COC)c1ccccc1)c2F. The lowest BCUT2D eigenvalue weighted by molar-refractivity contribution is -0.119. The highest BCUT2D eigenvalue weighted by molar-refractivity contribution is 5.97. The van der Waals surface area contributed by atoms with Crippen molar-refractivity contribution in [2.45, 2.75) is 32.2 Å². The molecule has 0 aliphatic carbocycles. The van der Waals surface area contributed by atoms with Crippen molar-refractivity contribution in [1.82, 2.24) is 4.98 Å². The lowest BCUT2D eigenvalue weighted by Gasteiger charge is -2.16. The first-order valence-corrected chi connectivity index (χ1v) is 9.03. The second-order valence-electron chi connectivity index (χ2n) is 6.45. The number of hydrogen-bond donors (Lipinski definition) is 0. The van der Waals surface area contributed by atoms with Gasteiger partial charge in [0.1, 0.15) is 5.78 Å². The third-order valence-corrected chi connectivity index (χ3v) is 4.56. The summed E-state index contributed by atoms with van der Waals surface area (Å²) in [5.41, 5.74) is 2.22.